The normalized spacial score (nSPS) is 14.3. The van der Waals surface area contributed by atoms with Crippen LogP contribution >= 0.6 is 0 Å². The summed E-state index contributed by atoms with van der Waals surface area (Å²) in [5.41, 5.74) is 3.68. The third-order valence-corrected chi connectivity index (χ3v) is 5.46. The molecule has 2 aromatic carbocycles. The number of nitrogens with zero attached hydrogens (tertiary/aromatic N) is 1. The molecule has 1 aliphatic rings. The molecule has 0 saturated heterocycles. The lowest BCUT2D eigenvalue weighted by Gasteiger charge is -2.22. The van der Waals surface area contributed by atoms with Crippen LogP contribution in [0, 0.1) is 6.92 Å². The summed E-state index contributed by atoms with van der Waals surface area (Å²) in [5.74, 6) is 0.132. The molecule has 0 atom stereocenters. The quantitative estimate of drug-likeness (QED) is 0.586. The van der Waals surface area contributed by atoms with E-state index in [2.05, 4.69) is 21.9 Å². The summed E-state index contributed by atoms with van der Waals surface area (Å²) in [5, 5.41) is 9.39. The van der Waals surface area contributed by atoms with E-state index in [1.165, 1.54) is 37.7 Å². The first-order valence-electron chi connectivity index (χ1n) is 10.3. The predicted molar refractivity (Wildman–Crippen MR) is 116 cm³/mol. The van der Waals surface area contributed by atoms with Crippen LogP contribution in [0.3, 0.4) is 0 Å². The minimum absolute atomic E-state index is 0.140. The molecule has 1 aliphatic carbocycles. The van der Waals surface area contributed by atoms with Crippen molar-refractivity contribution in [3.8, 4) is 0 Å². The Balaban J connectivity index is 1.43. The Morgan fingerprint density at radius 2 is 1.60 bits per heavy atom. The number of anilines is 2. The van der Waals surface area contributed by atoms with E-state index >= 15 is 0 Å². The third-order valence-electron chi connectivity index (χ3n) is 5.46. The summed E-state index contributed by atoms with van der Waals surface area (Å²) in [6, 6.07) is 16.5. The van der Waals surface area contributed by atoms with E-state index in [4.69, 9.17) is 4.52 Å². The standard InChI is InChI=1S/C24H25N3O3/c1-16-13-22(30-27-16)24(29)26-21-12-6-11-20(15-21)25-23(28)19-10-5-9-18(14-19)17-7-3-2-4-8-17/h5-6,9-15,17H,2-4,7-8H2,1H3,(H,25,28)(H,26,29). The van der Waals surface area contributed by atoms with Crippen molar-refractivity contribution in [1.29, 1.82) is 0 Å². The van der Waals surface area contributed by atoms with Gasteiger partial charge in [-0.2, -0.15) is 0 Å². The molecule has 0 spiro atoms. The molecule has 6 nitrogen and oxygen atoms in total. The maximum Gasteiger partial charge on any atom is 0.294 e. The van der Waals surface area contributed by atoms with Gasteiger partial charge in [0.2, 0.25) is 5.76 Å². The van der Waals surface area contributed by atoms with Gasteiger partial charge >= 0.3 is 0 Å². The van der Waals surface area contributed by atoms with Gasteiger partial charge in [0, 0.05) is 23.0 Å². The van der Waals surface area contributed by atoms with Crippen molar-refractivity contribution in [2.75, 3.05) is 10.6 Å². The molecule has 0 radical (unpaired) electrons. The lowest BCUT2D eigenvalue weighted by molar-refractivity contribution is 0.0986. The van der Waals surface area contributed by atoms with Gasteiger partial charge in [-0.15, -0.1) is 0 Å². The zero-order valence-electron chi connectivity index (χ0n) is 17.0. The smallest absolute Gasteiger partial charge is 0.294 e. The highest BCUT2D eigenvalue weighted by Gasteiger charge is 2.17. The fourth-order valence-corrected chi connectivity index (χ4v) is 3.91. The molecule has 0 aliphatic heterocycles. The maximum atomic E-state index is 12.8. The number of rotatable bonds is 5. The predicted octanol–water partition coefficient (Wildman–Crippen LogP) is 5.54. The average molecular weight is 403 g/mol. The van der Waals surface area contributed by atoms with Crippen LogP contribution in [0.1, 0.15) is 70.2 Å². The van der Waals surface area contributed by atoms with E-state index in [0.29, 0.717) is 28.6 Å². The first-order valence-corrected chi connectivity index (χ1v) is 10.3. The van der Waals surface area contributed by atoms with Crippen molar-refractivity contribution in [3.63, 3.8) is 0 Å². The van der Waals surface area contributed by atoms with Crippen molar-refractivity contribution in [2.45, 2.75) is 44.9 Å². The molecular weight excluding hydrogens is 378 g/mol. The Morgan fingerprint density at radius 3 is 2.30 bits per heavy atom. The van der Waals surface area contributed by atoms with E-state index in [1.54, 1.807) is 37.3 Å². The summed E-state index contributed by atoms with van der Waals surface area (Å²) >= 11 is 0. The molecule has 2 amide bonds. The van der Waals surface area contributed by atoms with Crippen LogP contribution in [0.15, 0.2) is 59.1 Å². The Kier molecular flexibility index (Phi) is 5.93. The van der Waals surface area contributed by atoms with Gasteiger partial charge in [0.05, 0.1) is 5.69 Å². The lowest BCUT2D eigenvalue weighted by Crippen LogP contribution is -2.14. The summed E-state index contributed by atoms with van der Waals surface area (Å²) < 4.78 is 4.98. The number of benzene rings is 2. The minimum atomic E-state index is -0.390. The highest BCUT2D eigenvalue weighted by Crippen LogP contribution is 2.33. The second-order valence-electron chi connectivity index (χ2n) is 7.78. The van der Waals surface area contributed by atoms with Crippen LogP contribution in [-0.2, 0) is 0 Å². The maximum absolute atomic E-state index is 12.8. The molecule has 1 fully saturated rings. The number of amides is 2. The van der Waals surface area contributed by atoms with E-state index in [0.717, 1.165) is 0 Å². The number of carbonyl (C=O) groups is 2. The topological polar surface area (TPSA) is 84.2 Å². The van der Waals surface area contributed by atoms with Gasteiger partial charge in [0.25, 0.3) is 11.8 Å². The molecule has 0 unspecified atom stereocenters. The number of hydrogen-bond acceptors (Lipinski definition) is 4. The lowest BCUT2D eigenvalue weighted by atomic mass is 9.83. The number of nitrogens with one attached hydrogen (secondary N) is 2. The second kappa shape index (κ2) is 8.95. The number of aromatic nitrogens is 1. The fraction of sp³-hybridized carbons (Fsp3) is 0.292. The van der Waals surface area contributed by atoms with Gasteiger partial charge in [-0.05, 0) is 61.6 Å². The Bertz CT molecular complexity index is 1050. The van der Waals surface area contributed by atoms with Gasteiger partial charge in [0.15, 0.2) is 0 Å². The Labute approximate surface area is 175 Å². The van der Waals surface area contributed by atoms with E-state index in [1.807, 2.05) is 18.2 Å². The molecule has 2 N–H and O–H groups in total. The van der Waals surface area contributed by atoms with Gasteiger partial charge in [-0.3, -0.25) is 9.59 Å². The van der Waals surface area contributed by atoms with Crippen molar-refractivity contribution >= 4 is 23.2 Å². The highest BCUT2D eigenvalue weighted by molar-refractivity contribution is 6.05. The number of hydrogen-bond donors (Lipinski definition) is 2. The molecule has 1 saturated carbocycles. The summed E-state index contributed by atoms with van der Waals surface area (Å²) in [6.45, 7) is 1.75. The van der Waals surface area contributed by atoms with Crippen LogP contribution in [0.25, 0.3) is 0 Å². The van der Waals surface area contributed by atoms with Crippen LogP contribution in [0.4, 0.5) is 11.4 Å². The van der Waals surface area contributed by atoms with Gasteiger partial charge in [-0.1, -0.05) is 42.6 Å². The molecule has 4 rings (SSSR count). The van der Waals surface area contributed by atoms with Gasteiger partial charge < -0.3 is 15.2 Å². The molecule has 1 aromatic heterocycles. The molecule has 1 heterocycles. The molecule has 154 valence electrons. The van der Waals surface area contributed by atoms with E-state index in [-0.39, 0.29) is 17.6 Å². The average Bonchev–Trinajstić information content (AvgIpc) is 3.21. The van der Waals surface area contributed by atoms with Crippen molar-refractivity contribution in [3.05, 3.63) is 77.2 Å². The van der Waals surface area contributed by atoms with Crippen LogP contribution in [0.5, 0.6) is 0 Å². The van der Waals surface area contributed by atoms with Crippen molar-refractivity contribution in [2.24, 2.45) is 0 Å². The minimum Gasteiger partial charge on any atom is -0.351 e. The zero-order valence-corrected chi connectivity index (χ0v) is 17.0. The first kappa shape index (κ1) is 19.9. The SMILES string of the molecule is Cc1cc(C(=O)Nc2cccc(NC(=O)c3cccc(C4CCCCC4)c3)c2)on1. The first-order chi connectivity index (χ1) is 14.6. The largest absolute Gasteiger partial charge is 0.351 e. The van der Waals surface area contributed by atoms with Gasteiger partial charge in [0.1, 0.15) is 0 Å². The third kappa shape index (κ3) is 4.76. The Morgan fingerprint density at radius 1 is 0.900 bits per heavy atom. The van der Waals surface area contributed by atoms with Crippen molar-refractivity contribution < 1.29 is 14.1 Å². The monoisotopic (exact) mass is 403 g/mol. The van der Waals surface area contributed by atoms with E-state index < -0.39 is 0 Å². The number of aryl methyl sites for hydroxylation is 1. The molecule has 6 heteroatoms. The molecule has 3 aromatic rings. The van der Waals surface area contributed by atoms with Gasteiger partial charge in [-0.25, -0.2) is 0 Å². The van der Waals surface area contributed by atoms with Crippen LogP contribution in [-0.4, -0.2) is 17.0 Å². The highest BCUT2D eigenvalue weighted by atomic mass is 16.5. The van der Waals surface area contributed by atoms with Crippen LogP contribution in [0.2, 0.25) is 0 Å². The summed E-state index contributed by atoms with van der Waals surface area (Å²) in [7, 11) is 0. The number of carbonyl (C=O) groups excluding carboxylic acids is 2. The summed E-state index contributed by atoms with van der Waals surface area (Å²) in [6.07, 6.45) is 6.20. The van der Waals surface area contributed by atoms with Crippen molar-refractivity contribution in [1.82, 2.24) is 5.16 Å². The van der Waals surface area contributed by atoms with Crippen LogP contribution < -0.4 is 10.6 Å². The summed E-state index contributed by atoms with van der Waals surface area (Å²) in [4.78, 5) is 25.0. The molecule has 0 bridgehead atoms. The van der Waals surface area contributed by atoms with E-state index in [9.17, 15) is 9.59 Å². The molecule has 30 heavy (non-hydrogen) atoms. The fourth-order valence-electron chi connectivity index (χ4n) is 3.91. The molecular formula is C24H25N3O3. The Hall–Kier alpha value is -3.41. The zero-order chi connectivity index (χ0) is 20.9. The second-order valence-corrected chi connectivity index (χ2v) is 7.78.